The fourth-order valence-corrected chi connectivity index (χ4v) is 10.2. The van der Waals surface area contributed by atoms with Crippen molar-refractivity contribution in [2.24, 2.45) is 0 Å². The van der Waals surface area contributed by atoms with Crippen LogP contribution in [0.25, 0.3) is 83.3 Å². The van der Waals surface area contributed by atoms with Crippen molar-refractivity contribution in [3.8, 4) is 39.5 Å². The summed E-state index contributed by atoms with van der Waals surface area (Å²) in [7, 11) is -1.23. The van der Waals surface area contributed by atoms with Crippen molar-refractivity contribution >= 4 is 57.1 Å². The van der Waals surface area contributed by atoms with E-state index in [2.05, 4.69) is 170 Å². The fourth-order valence-electron chi connectivity index (χ4n) is 9.18. The Hall–Kier alpha value is -5.98. The zero-order valence-electron chi connectivity index (χ0n) is 37.2. The molecule has 1 fully saturated rings. The number of imidazole rings is 1. The van der Waals surface area contributed by atoms with E-state index in [0.29, 0.717) is 17.5 Å². The summed E-state index contributed by atoms with van der Waals surface area (Å²) in [5, 5.41) is 5.81. The van der Waals surface area contributed by atoms with Gasteiger partial charge in [-0.15, -0.1) is 54.1 Å². The smallest absolute Gasteiger partial charge is 0.216 e. The van der Waals surface area contributed by atoms with Gasteiger partial charge in [0.2, 0.25) is 5.71 Å². The molecule has 0 bridgehead atoms. The molecule has 0 aliphatic heterocycles. The Kier molecular flexibility index (Phi) is 12.3. The van der Waals surface area contributed by atoms with Crippen molar-refractivity contribution in [2.75, 3.05) is 0 Å². The molecule has 0 saturated heterocycles. The van der Waals surface area contributed by atoms with Crippen LogP contribution in [0.1, 0.15) is 69.0 Å². The summed E-state index contributed by atoms with van der Waals surface area (Å²) in [4.78, 5) is 15.0. The summed E-state index contributed by atoms with van der Waals surface area (Å²) in [6, 6.07) is 58.0. The van der Waals surface area contributed by atoms with Crippen molar-refractivity contribution in [3.63, 3.8) is 0 Å². The molecule has 4 aromatic heterocycles. The molecular weight excluding hydrogens is 977 g/mol. The molecule has 0 amide bonds. The third-order valence-electron chi connectivity index (χ3n) is 12.7. The molecule has 1 aliphatic rings. The van der Waals surface area contributed by atoms with Crippen molar-refractivity contribution in [2.45, 2.75) is 77.4 Å². The van der Waals surface area contributed by atoms with E-state index in [-0.39, 0.29) is 20.1 Å². The second-order valence-corrected chi connectivity index (χ2v) is 23.4. The molecule has 0 unspecified atom stereocenters. The molecule has 4 heterocycles. The van der Waals surface area contributed by atoms with Gasteiger partial charge in [-0.25, -0.2) is 4.98 Å². The van der Waals surface area contributed by atoms with E-state index in [4.69, 9.17) is 14.4 Å². The first-order valence-corrected chi connectivity index (χ1v) is 26.0. The summed E-state index contributed by atoms with van der Waals surface area (Å²) in [6.45, 7) is 11.5. The predicted molar refractivity (Wildman–Crippen MR) is 265 cm³/mol. The molecular formula is C57H52IrN4OSi-2. The molecule has 10 aromatic rings. The molecule has 0 atom stereocenters. The van der Waals surface area contributed by atoms with Crippen molar-refractivity contribution < 1.29 is 24.5 Å². The predicted octanol–water partition coefficient (Wildman–Crippen LogP) is 14.9. The third-order valence-corrected chi connectivity index (χ3v) is 14.8. The van der Waals surface area contributed by atoms with Crippen molar-refractivity contribution in [1.29, 1.82) is 0 Å². The van der Waals surface area contributed by atoms with Gasteiger partial charge in [0.1, 0.15) is 0 Å². The Morgan fingerprint density at radius 1 is 0.703 bits per heavy atom. The number of furan rings is 1. The molecule has 11 rings (SSSR count). The number of nitrogens with zero attached hydrogens (tertiary/aromatic N) is 4. The topological polar surface area (TPSA) is 56.7 Å². The Labute approximate surface area is 391 Å². The van der Waals surface area contributed by atoms with Crippen LogP contribution >= 0.6 is 0 Å². The quantitative estimate of drug-likeness (QED) is 0.118. The minimum atomic E-state index is -1.23. The fraction of sp³-hybridized carbons (Fsp3) is 0.211. The molecule has 0 spiro atoms. The molecule has 1 saturated carbocycles. The van der Waals surface area contributed by atoms with E-state index in [1.54, 1.807) is 0 Å². The summed E-state index contributed by atoms with van der Waals surface area (Å²) in [5.74, 6) is 1.72. The monoisotopic (exact) mass is 1030 g/mol. The first-order chi connectivity index (χ1) is 30.7. The van der Waals surface area contributed by atoms with Crippen LogP contribution in [0, 0.1) is 12.1 Å². The SMILES string of the molecule is CC(C)c1ccc(-n2c(-c3[c-]ccc4c3oc3nc(C5CCCCC5)ccc34)nc3ccc4ccccc4c32)c(-c2ccccc2)c1.C[Si](C)(C)c1ccc(-c2[c-]cccc2)nc1.[Ir]. The van der Waals surface area contributed by atoms with Crippen LogP contribution in [0.4, 0.5) is 0 Å². The summed E-state index contributed by atoms with van der Waals surface area (Å²) < 4.78 is 9.05. The zero-order chi connectivity index (χ0) is 43.1. The number of fused-ring (bicyclic) bond motifs is 6. The summed E-state index contributed by atoms with van der Waals surface area (Å²) in [6.07, 6.45) is 8.30. The number of aromatic nitrogens is 4. The van der Waals surface area contributed by atoms with Gasteiger partial charge in [0, 0.05) is 59.9 Å². The molecule has 6 aromatic carbocycles. The Morgan fingerprint density at radius 2 is 1.50 bits per heavy atom. The molecule has 1 aliphatic carbocycles. The van der Waals surface area contributed by atoms with E-state index >= 15 is 0 Å². The summed E-state index contributed by atoms with van der Waals surface area (Å²) >= 11 is 0. The molecule has 64 heavy (non-hydrogen) atoms. The first kappa shape index (κ1) is 43.3. The normalized spacial score (nSPS) is 13.3. The number of benzene rings is 6. The molecule has 1 radical (unpaired) electrons. The van der Waals surface area contributed by atoms with Crippen LogP contribution in [-0.2, 0) is 20.1 Å². The van der Waals surface area contributed by atoms with Crippen LogP contribution in [0.15, 0.2) is 156 Å². The Bertz CT molecular complexity index is 3220. The molecule has 321 valence electrons. The summed E-state index contributed by atoms with van der Waals surface area (Å²) in [5.41, 5.74) is 12.3. The zero-order valence-corrected chi connectivity index (χ0v) is 40.5. The standard InChI is InChI=1S/C43H36N3O.C14H16NSi.Ir/c1-27(2)31-21-25-39(36(26-31)28-12-5-3-6-13-28)46-40-32-17-10-9-14-29(32)20-23-38(40)44-42(46)35-19-11-18-33-34-22-24-37(30-15-7-4-8-16-30)45-43(34)47-41(33)35;1-16(2,3)13-9-10-14(15-11-13)12-7-5-4-6-8-12;/h3,5-6,9-14,17-18,20-27,30H,4,7-8,15-16H2,1-2H3;4-7,9-11H,1-3H3;/q2*-1;. The van der Waals surface area contributed by atoms with Gasteiger partial charge in [-0.3, -0.25) is 4.98 Å². The molecule has 0 N–H and O–H groups in total. The van der Waals surface area contributed by atoms with Crippen molar-refractivity contribution in [3.05, 3.63) is 175 Å². The number of pyridine rings is 2. The van der Waals surface area contributed by atoms with E-state index in [0.717, 1.165) is 66.8 Å². The maximum absolute atomic E-state index is 6.71. The second-order valence-electron chi connectivity index (χ2n) is 18.3. The second kappa shape index (κ2) is 18.2. The van der Waals surface area contributed by atoms with Gasteiger partial charge >= 0.3 is 0 Å². The number of hydrogen-bond acceptors (Lipinski definition) is 4. The maximum atomic E-state index is 6.71. The largest absolute Gasteiger partial charge is 0.486 e. The van der Waals surface area contributed by atoms with Gasteiger partial charge in [-0.1, -0.05) is 143 Å². The average Bonchev–Trinajstić information content (AvgIpc) is 3.91. The molecule has 7 heteroatoms. The number of hydrogen-bond donors (Lipinski definition) is 0. The van der Waals surface area contributed by atoms with Gasteiger partial charge in [-0.2, -0.15) is 0 Å². The van der Waals surface area contributed by atoms with E-state index in [1.807, 2.05) is 36.5 Å². The Balaban J connectivity index is 0.000000258. The number of rotatable bonds is 7. The van der Waals surface area contributed by atoms with Gasteiger partial charge < -0.3 is 14.0 Å². The van der Waals surface area contributed by atoms with E-state index < -0.39 is 8.07 Å². The minimum Gasteiger partial charge on any atom is -0.486 e. The third kappa shape index (κ3) is 8.41. The van der Waals surface area contributed by atoms with E-state index in [9.17, 15) is 0 Å². The van der Waals surface area contributed by atoms with Crippen LogP contribution < -0.4 is 5.19 Å². The van der Waals surface area contributed by atoms with Gasteiger partial charge in [-0.05, 0) is 76.5 Å². The van der Waals surface area contributed by atoms with Crippen LogP contribution in [-0.4, -0.2) is 27.6 Å². The molecule has 5 nitrogen and oxygen atoms in total. The van der Waals surface area contributed by atoms with Crippen LogP contribution in [0.2, 0.25) is 19.6 Å². The van der Waals surface area contributed by atoms with Crippen LogP contribution in [0.5, 0.6) is 0 Å². The minimum absolute atomic E-state index is 0. The van der Waals surface area contributed by atoms with Gasteiger partial charge in [0.15, 0.2) is 0 Å². The van der Waals surface area contributed by atoms with Crippen molar-refractivity contribution in [1.82, 2.24) is 19.5 Å². The van der Waals surface area contributed by atoms with Crippen LogP contribution in [0.3, 0.4) is 0 Å². The maximum Gasteiger partial charge on any atom is 0.216 e. The van der Waals surface area contributed by atoms with E-state index in [1.165, 1.54) is 59.4 Å². The van der Waals surface area contributed by atoms with Gasteiger partial charge in [0.25, 0.3) is 0 Å². The Morgan fingerprint density at radius 3 is 2.25 bits per heavy atom. The average molecular weight is 1030 g/mol. The van der Waals surface area contributed by atoms with Gasteiger partial charge in [0.05, 0.1) is 30.5 Å². The first-order valence-electron chi connectivity index (χ1n) is 22.5.